The van der Waals surface area contributed by atoms with E-state index < -0.39 is 29.6 Å². The summed E-state index contributed by atoms with van der Waals surface area (Å²) in [7, 11) is 0. The van der Waals surface area contributed by atoms with Crippen LogP contribution in [0.3, 0.4) is 0 Å². The van der Waals surface area contributed by atoms with Crippen LogP contribution in [-0.2, 0) is 19.1 Å². The lowest BCUT2D eigenvalue weighted by molar-refractivity contribution is -0.223. The van der Waals surface area contributed by atoms with E-state index >= 15 is 0 Å². The summed E-state index contributed by atoms with van der Waals surface area (Å²) >= 11 is 0. The Morgan fingerprint density at radius 3 is 1.62 bits per heavy atom. The standard InChI is InChI=1S/C22H39F3O4/c1-5-8-9-10-11-12-13-14-15-16-17-28-19(26)21(6-2,7-3)20(27)29-18(4)22(23,24)25/h18H,5-17H2,1-4H3. The lowest BCUT2D eigenvalue weighted by atomic mass is 9.82. The van der Waals surface area contributed by atoms with E-state index in [2.05, 4.69) is 11.7 Å². The molecule has 0 rings (SSSR count). The van der Waals surface area contributed by atoms with Crippen LogP contribution in [0, 0.1) is 5.41 Å². The lowest BCUT2D eigenvalue weighted by Crippen LogP contribution is -2.44. The third-order valence-corrected chi connectivity index (χ3v) is 5.46. The molecule has 0 heterocycles. The van der Waals surface area contributed by atoms with Crippen molar-refractivity contribution >= 4 is 11.9 Å². The maximum absolute atomic E-state index is 12.7. The van der Waals surface area contributed by atoms with Gasteiger partial charge in [0.1, 0.15) is 0 Å². The van der Waals surface area contributed by atoms with Crippen molar-refractivity contribution in [2.24, 2.45) is 5.41 Å². The minimum atomic E-state index is -4.66. The van der Waals surface area contributed by atoms with Gasteiger partial charge in [-0.05, 0) is 26.2 Å². The summed E-state index contributed by atoms with van der Waals surface area (Å²) in [4.78, 5) is 24.8. The Labute approximate surface area is 173 Å². The van der Waals surface area contributed by atoms with Crippen molar-refractivity contribution in [2.75, 3.05) is 6.61 Å². The smallest absolute Gasteiger partial charge is 0.425 e. The molecule has 0 aliphatic rings. The fourth-order valence-corrected chi connectivity index (χ4v) is 3.14. The molecule has 0 saturated carbocycles. The Morgan fingerprint density at radius 1 is 0.759 bits per heavy atom. The number of hydrogen-bond acceptors (Lipinski definition) is 4. The van der Waals surface area contributed by atoms with Crippen molar-refractivity contribution in [1.82, 2.24) is 0 Å². The fraction of sp³-hybridized carbons (Fsp3) is 0.909. The molecule has 0 N–H and O–H groups in total. The zero-order valence-electron chi connectivity index (χ0n) is 18.5. The highest BCUT2D eigenvalue weighted by Gasteiger charge is 2.49. The predicted molar refractivity (Wildman–Crippen MR) is 107 cm³/mol. The number of hydrogen-bond donors (Lipinski definition) is 0. The van der Waals surface area contributed by atoms with E-state index in [0.29, 0.717) is 6.42 Å². The maximum atomic E-state index is 12.7. The highest BCUT2D eigenvalue weighted by atomic mass is 19.4. The SMILES string of the molecule is CCCCCCCCCCCCOC(=O)C(CC)(CC)C(=O)OC(C)C(F)(F)F. The van der Waals surface area contributed by atoms with Crippen LogP contribution in [-0.4, -0.2) is 30.8 Å². The number of rotatable bonds is 16. The molecule has 0 aromatic carbocycles. The van der Waals surface area contributed by atoms with Crippen molar-refractivity contribution < 1.29 is 32.2 Å². The molecule has 0 bridgehead atoms. The number of ether oxygens (including phenoxy) is 2. The topological polar surface area (TPSA) is 52.6 Å². The first-order chi connectivity index (χ1) is 13.7. The van der Waals surface area contributed by atoms with E-state index in [0.717, 1.165) is 26.2 Å². The van der Waals surface area contributed by atoms with Crippen molar-refractivity contribution in [3.8, 4) is 0 Å². The van der Waals surface area contributed by atoms with Gasteiger partial charge in [0, 0.05) is 0 Å². The van der Waals surface area contributed by atoms with Crippen molar-refractivity contribution in [2.45, 2.75) is 117 Å². The number of carbonyl (C=O) groups excluding carboxylic acids is 2. The van der Waals surface area contributed by atoms with Gasteiger partial charge in [0.05, 0.1) is 6.61 Å². The predicted octanol–water partition coefficient (Wildman–Crippen LogP) is 6.75. The Hall–Kier alpha value is -1.27. The van der Waals surface area contributed by atoms with Gasteiger partial charge in [0.2, 0.25) is 0 Å². The number of halogens is 3. The zero-order chi connectivity index (χ0) is 22.3. The van der Waals surface area contributed by atoms with Gasteiger partial charge in [0.25, 0.3) is 0 Å². The summed E-state index contributed by atoms with van der Waals surface area (Å²) in [6.07, 6.45) is 4.53. The normalized spacial score (nSPS) is 13.2. The van der Waals surface area contributed by atoms with Gasteiger partial charge in [-0.15, -0.1) is 0 Å². The second-order valence-electron chi connectivity index (χ2n) is 7.70. The molecular formula is C22H39F3O4. The highest BCUT2D eigenvalue weighted by Crippen LogP contribution is 2.33. The van der Waals surface area contributed by atoms with Gasteiger partial charge in [-0.2, -0.15) is 13.2 Å². The van der Waals surface area contributed by atoms with Crippen LogP contribution < -0.4 is 0 Å². The molecule has 1 atom stereocenters. The van der Waals surface area contributed by atoms with Crippen LogP contribution >= 0.6 is 0 Å². The average molecular weight is 425 g/mol. The van der Waals surface area contributed by atoms with Gasteiger partial charge in [-0.3, -0.25) is 9.59 Å². The van der Waals surface area contributed by atoms with Gasteiger partial charge in [0.15, 0.2) is 11.5 Å². The molecule has 0 amide bonds. The third-order valence-electron chi connectivity index (χ3n) is 5.46. The van der Waals surface area contributed by atoms with E-state index in [1.807, 2.05) is 0 Å². The van der Waals surface area contributed by atoms with Crippen LogP contribution in [0.1, 0.15) is 105 Å². The summed E-state index contributed by atoms with van der Waals surface area (Å²) < 4.78 is 47.8. The summed E-state index contributed by atoms with van der Waals surface area (Å²) in [5.74, 6) is -1.96. The summed E-state index contributed by atoms with van der Waals surface area (Å²) in [5, 5.41) is 0. The second kappa shape index (κ2) is 14.7. The molecule has 0 aromatic rings. The van der Waals surface area contributed by atoms with E-state index in [1.165, 1.54) is 38.5 Å². The van der Waals surface area contributed by atoms with Crippen molar-refractivity contribution in [1.29, 1.82) is 0 Å². The molecule has 0 saturated heterocycles. The van der Waals surface area contributed by atoms with Crippen LogP contribution in [0.15, 0.2) is 0 Å². The van der Waals surface area contributed by atoms with Crippen LogP contribution in [0.2, 0.25) is 0 Å². The Bertz CT molecular complexity index is 459. The first-order valence-corrected chi connectivity index (χ1v) is 11.1. The molecule has 0 fully saturated rings. The van der Waals surface area contributed by atoms with Crippen molar-refractivity contribution in [3.63, 3.8) is 0 Å². The minimum Gasteiger partial charge on any atom is -0.465 e. The number of alkyl halides is 3. The molecule has 4 nitrogen and oxygen atoms in total. The van der Waals surface area contributed by atoms with E-state index in [-0.39, 0.29) is 19.4 Å². The molecule has 0 radical (unpaired) electrons. The lowest BCUT2D eigenvalue weighted by Gasteiger charge is -2.29. The van der Waals surface area contributed by atoms with Crippen LogP contribution in [0.25, 0.3) is 0 Å². The first kappa shape index (κ1) is 27.7. The summed E-state index contributed by atoms with van der Waals surface area (Å²) in [6.45, 7) is 6.27. The molecule has 0 aliphatic heterocycles. The minimum absolute atomic E-state index is 0.0315. The van der Waals surface area contributed by atoms with E-state index in [1.54, 1.807) is 13.8 Å². The third kappa shape index (κ3) is 10.4. The van der Waals surface area contributed by atoms with Gasteiger partial charge >= 0.3 is 18.1 Å². The number of carbonyl (C=O) groups is 2. The van der Waals surface area contributed by atoms with Crippen LogP contribution in [0.4, 0.5) is 13.2 Å². The number of esters is 2. The monoisotopic (exact) mass is 424 g/mol. The molecule has 0 aromatic heterocycles. The Balaban J connectivity index is 4.26. The van der Waals surface area contributed by atoms with Crippen molar-refractivity contribution in [3.05, 3.63) is 0 Å². The number of unbranched alkanes of at least 4 members (excludes halogenated alkanes) is 9. The maximum Gasteiger partial charge on any atom is 0.425 e. The Kier molecular flexibility index (Phi) is 14.0. The van der Waals surface area contributed by atoms with Gasteiger partial charge in [-0.1, -0.05) is 78.6 Å². The quantitative estimate of drug-likeness (QED) is 0.156. The van der Waals surface area contributed by atoms with E-state index in [9.17, 15) is 22.8 Å². The molecule has 0 aliphatic carbocycles. The second-order valence-corrected chi connectivity index (χ2v) is 7.70. The summed E-state index contributed by atoms with van der Waals surface area (Å²) in [5.41, 5.74) is -1.68. The van der Waals surface area contributed by atoms with E-state index in [4.69, 9.17) is 4.74 Å². The summed E-state index contributed by atoms with van der Waals surface area (Å²) in [6, 6.07) is 0. The fourth-order valence-electron chi connectivity index (χ4n) is 3.14. The molecule has 0 spiro atoms. The molecule has 172 valence electrons. The van der Waals surface area contributed by atoms with Crippen LogP contribution in [0.5, 0.6) is 0 Å². The Morgan fingerprint density at radius 2 is 1.21 bits per heavy atom. The highest BCUT2D eigenvalue weighted by molar-refractivity contribution is 6.00. The largest absolute Gasteiger partial charge is 0.465 e. The molecular weight excluding hydrogens is 385 g/mol. The van der Waals surface area contributed by atoms with Gasteiger partial charge in [-0.25, -0.2) is 0 Å². The van der Waals surface area contributed by atoms with Gasteiger partial charge < -0.3 is 9.47 Å². The average Bonchev–Trinajstić information content (AvgIpc) is 2.66. The molecule has 29 heavy (non-hydrogen) atoms. The zero-order valence-corrected chi connectivity index (χ0v) is 18.5. The molecule has 1 unspecified atom stereocenters. The molecule has 7 heteroatoms. The first-order valence-electron chi connectivity index (χ1n) is 11.1.